The predicted octanol–water partition coefficient (Wildman–Crippen LogP) is 4.10. The van der Waals surface area contributed by atoms with Gasteiger partial charge in [-0.05, 0) is 33.3 Å². The lowest BCUT2D eigenvalue weighted by atomic mass is 10.1. The Morgan fingerprint density at radius 3 is 2.46 bits per heavy atom. The lowest BCUT2D eigenvalue weighted by Gasteiger charge is -2.19. The highest BCUT2D eigenvalue weighted by Crippen LogP contribution is 2.24. The molecule has 138 valence electrons. The van der Waals surface area contributed by atoms with E-state index in [1.807, 2.05) is 45.0 Å². The minimum Gasteiger partial charge on any atom is -0.444 e. The van der Waals surface area contributed by atoms with Crippen molar-refractivity contribution < 1.29 is 14.3 Å². The van der Waals surface area contributed by atoms with E-state index in [0.717, 1.165) is 16.1 Å². The van der Waals surface area contributed by atoms with Crippen molar-refractivity contribution >= 4 is 23.3 Å². The van der Waals surface area contributed by atoms with Gasteiger partial charge in [0.15, 0.2) is 0 Å². The zero-order chi connectivity index (χ0) is 19.3. The van der Waals surface area contributed by atoms with Crippen LogP contribution in [0.2, 0.25) is 0 Å². The average Bonchev–Trinajstić information content (AvgIpc) is 3.01. The molecule has 6 nitrogen and oxygen atoms in total. The first-order chi connectivity index (χ1) is 12.1. The van der Waals surface area contributed by atoms with Crippen molar-refractivity contribution in [3.63, 3.8) is 0 Å². The van der Waals surface area contributed by atoms with Crippen LogP contribution in [0.3, 0.4) is 0 Å². The van der Waals surface area contributed by atoms with Crippen LogP contribution in [0.5, 0.6) is 0 Å². The minimum atomic E-state index is -0.521. The summed E-state index contributed by atoms with van der Waals surface area (Å²) in [6.07, 6.45) is -0.449. The first-order valence-corrected chi connectivity index (χ1v) is 9.00. The number of alkyl carbamates (subject to hydrolysis) is 1. The highest BCUT2D eigenvalue weighted by molar-refractivity contribution is 7.13. The van der Waals surface area contributed by atoms with Gasteiger partial charge in [0.1, 0.15) is 16.3 Å². The number of ether oxygens (including phenoxy) is 1. The molecule has 0 radical (unpaired) electrons. The van der Waals surface area contributed by atoms with Gasteiger partial charge in [0.05, 0.1) is 0 Å². The molecule has 1 aromatic carbocycles. The van der Waals surface area contributed by atoms with E-state index < -0.39 is 11.7 Å². The molecular formula is C19H23N3O3S. The third-order valence-electron chi connectivity index (χ3n) is 3.10. The fourth-order valence-corrected chi connectivity index (χ4v) is 2.83. The van der Waals surface area contributed by atoms with Crippen molar-refractivity contribution in [3.05, 3.63) is 53.2 Å². The highest BCUT2D eigenvalue weighted by atomic mass is 32.1. The van der Waals surface area contributed by atoms with Crippen molar-refractivity contribution in [2.24, 2.45) is 0 Å². The second-order valence-corrected chi connectivity index (χ2v) is 7.68. The molecule has 0 saturated carbocycles. The summed E-state index contributed by atoms with van der Waals surface area (Å²) in [5, 5.41) is 7.82. The molecule has 0 saturated heterocycles. The summed E-state index contributed by atoms with van der Waals surface area (Å²) in [5.74, 6) is -0.266. The topological polar surface area (TPSA) is 80.3 Å². The molecule has 0 aliphatic heterocycles. The van der Waals surface area contributed by atoms with Crippen LogP contribution in [0.1, 0.15) is 43.7 Å². The van der Waals surface area contributed by atoms with Crippen molar-refractivity contribution in [2.75, 3.05) is 0 Å². The number of benzene rings is 1. The zero-order valence-corrected chi connectivity index (χ0v) is 16.2. The minimum absolute atomic E-state index is 0.266. The molecule has 26 heavy (non-hydrogen) atoms. The Balaban J connectivity index is 1.97. The Morgan fingerprint density at radius 1 is 1.23 bits per heavy atom. The number of rotatable bonds is 5. The molecule has 0 unspecified atom stereocenters. The zero-order valence-electron chi connectivity index (χ0n) is 15.4. The summed E-state index contributed by atoms with van der Waals surface area (Å²) >= 11 is 1.40. The van der Waals surface area contributed by atoms with Gasteiger partial charge in [0, 0.05) is 23.2 Å². The molecule has 0 spiro atoms. The van der Waals surface area contributed by atoms with Gasteiger partial charge in [-0.1, -0.05) is 30.8 Å². The SMILES string of the molecule is C=C(C)NC(=O)c1csc(-c2ccc(CNC(=O)OC(C)(C)C)cc2)n1. The van der Waals surface area contributed by atoms with Gasteiger partial charge in [-0.15, -0.1) is 11.3 Å². The molecular weight excluding hydrogens is 350 g/mol. The van der Waals surface area contributed by atoms with Crippen LogP contribution < -0.4 is 10.6 Å². The first kappa shape index (κ1) is 19.7. The van der Waals surface area contributed by atoms with Gasteiger partial charge in [0.25, 0.3) is 5.91 Å². The van der Waals surface area contributed by atoms with Crippen molar-refractivity contribution in [1.29, 1.82) is 0 Å². The van der Waals surface area contributed by atoms with E-state index in [0.29, 0.717) is 17.9 Å². The third-order valence-corrected chi connectivity index (χ3v) is 3.99. The van der Waals surface area contributed by atoms with E-state index in [4.69, 9.17) is 4.74 Å². The Hall–Kier alpha value is -2.67. The molecule has 0 aliphatic rings. The fourth-order valence-electron chi connectivity index (χ4n) is 2.02. The number of allylic oxidation sites excluding steroid dienone is 1. The van der Waals surface area contributed by atoms with Crippen molar-refractivity contribution in [1.82, 2.24) is 15.6 Å². The number of aromatic nitrogens is 1. The number of nitrogens with zero attached hydrogens (tertiary/aromatic N) is 1. The summed E-state index contributed by atoms with van der Waals surface area (Å²) in [7, 11) is 0. The number of carbonyl (C=O) groups excluding carboxylic acids is 2. The molecule has 2 aromatic rings. The van der Waals surface area contributed by atoms with Crippen LogP contribution in [0.4, 0.5) is 4.79 Å². The van der Waals surface area contributed by atoms with Crippen LogP contribution >= 0.6 is 11.3 Å². The van der Waals surface area contributed by atoms with E-state index in [9.17, 15) is 9.59 Å². The lowest BCUT2D eigenvalue weighted by molar-refractivity contribution is 0.0523. The number of thiazole rings is 1. The maximum Gasteiger partial charge on any atom is 0.407 e. The summed E-state index contributed by atoms with van der Waals surface area (Å²) in [6, 6.07) is 7.63. The fraction of sp³-hybridized carbons (Fsp3) is 0.316. The summed E-state index contributed by atoms with van der Waals surface area (Å²) in [4.78, 5) is 28.0. The largest absolute Gasteiger partial charge is 0.444 e. The Morgan fingerprint density at radius 2 is 1.88 bits per heavy atom. The first-order valence-electron chi connectivity index (χ1n) is 8.12. The smallest absolute Gasteiger partial charge is 0.407 e. The highest BCUT2D eigenvalue weighted by Gasteiger charge is 2.16. The van der Waals surface area contributed by atoms with E-state index >= 15 is 0 Å². The van der Waals surface area contributed by atoms with Gasteiger partial charge < -0.3 is 15.4 Å². The van der Waals surface area contributed by atoms with Crippen LogP contribution in [0.15, 0.2) is 41.9 Å². The molecule has 1 heterocycles. The molecule has 0 atom stereocenters. The molecule has 2 amide bonds. The molecule has 1 aromatic heterocycles. The lowest BCUT2D eigenvalue weighted by Crippen LogP contribution is -2.32. The maximum atomic E-state index is 11.9. The van der Waals surface area contributed by atoms with Crippen LogP contribution in [0.25, 0.3) is 10.6 Å². The van der Waals surface area contributed by atoms with Gasteiger partial charge in [-0.3, -0.25) is 4.79 Å². The van der Waals surface area contributed by atoms with Gasteiger partial charge in [0.2, 0.25) is 0 Å². The monoisotopic (exact) mass is 373 g/mol. The summed E-state index contributed by atoms with van der Waals surface area (Å²) in [5.41, 5.74) is 2.27. The van der Waals surface area contributed by atoms with Crippen molar-refractivity contribution in [3.8, 4) is 10.6 Å². The van der Waals surface area contributed by atoms with Gasteiger partial charge in [-0.2, -0.15) is 0 Å². The summed E-state index contributed by atoms with van der Waals surface area (Å²) < 4.78 is 5.20. The predicted molar refractivity (Wildman–Crippen MR) is 103 cm³/mol. The molecule has 7 heteroatoms. The molecule has 0 aliphatic carbocycles. The number of carbonyl (C=O) groups is 2. The van der Waals surface area contributed by atoms with Crippen LogP contribution in [-0.4, -0.2) is 22.6 Å². The number of hydrogen-bond donors (Lipinski definition) is 2. The Labute approximate surface area is 157 Å². The van der Waals surface area contributed by atoms with Gasteiger partial charge >= 0.3 is 6.09 Å². The average molecular weight is 373 g/mol. The van der Waals surface area contributed by atoms with E-state index in [-0.39, 0.29) is 5.91 Å². The van der Waals surface area contributed by atoms with E-state index in [2.05, 4.69) is 22.2 Å². The van der Waals surface area contributed by atoms with E-state index in [1.54, 1.807) is 12.3 Å². The second-order valence-electron chi connectivity index (χ2n) is 6.82. The Bertz CT molecular complexity index is 804. The standard InChI is InChI=1S/C19H23N3O3S/c1-12(2)21-16(23)15-11-26-17(22-15)14-8-6-13(7-9-14)10-20-18(24)25-19(3,4)5/h6-9,11H,1,10H2,2-5H3,(H,20,24)(H,21,23). The number of amides is 2. The van der Waals surface area contributed by atoms with Gasteiger partial charge in [-0.25, -0.2) is 9.78 Å². The maximum absolute atomic E-state index is 11.9. The third kappa shape index (κ3) is 6.00. The summed E-state index contributed by atoms with van der Waals surface area (Å²) in [6.45, 7) is 11.2. The molecule has 2 rings (SSSR count). The molecule has 0 bridgehead atoms. The van der Waals surface area contributed by atoms with Crippen LogP contribution in [-0.2, 0) is 11.3 Å². The molecule has 0 fully saturated rings. The normalized spacial score (nSPS) is 10.9. The van der Waals surface area contributed by atoms with E-state index in [1.165, 1.54) is 11.3 Å². The second kappa shape index (κ2) is 8.14. The number of nitrogens with one attached hydrogen (secondary N) is 2. The van der Waals surface area contributed by atoms with Crippen molar-refractivity contribution in [2.45, 2.75) is 39.8 Å². The van der Waals surface area contributed by atoms with Crippen LogP contribution in [0, 0.1) is 0 Å². The Kier molecular flexibility index (Phi) is 6.15. The number of hydrogen-bond acceptors (Lipinski definition) is 5. The quantitative estimate of drug-likeness (QED) is 0.827. The molecule has 2 N–H and O–H groups in total.